The highest BCUT2D eigenvalue weighted by Gasteiger charge is 2.13. The van der Waals surface area contributed by atoms with E-state index in [1.165, 1.54) is 23.3 Å². The molecule has 2 amide bonds. The van der Waals surface area contributed by atoms with Crippen LogP contribution in [0.2, 0.25) is 0 Å². The molecule has 0 fully saturated rings. The van der Waals surface area contributed by atoms with Gasteiger partial charge >= 0.3 is 11.8 Å². The standard InChI is InChI=1S/C20H26N4O2S/c1-24-14-16(13-23-24)18-8-7-17(27-18)10-12-22-20(26)19(25)21-11-9-15-5-3-2-4-6-15/h5,7-8,13-14H,2-4,6,9-12H2,1H3,(H,21,25)(H,22,26). The summed E-state index contributed by atoms with van der Waals surface area (Å²) in [5, 5.41) is 9.58. The SMILES string of the molecule is Cn1cc(-c2ccc(CCNC(=O)C(=O)NCCC3=CCCCC3)s2)cn1. The number of carbonyl (C=O) groups excluding carboxylic acids is 2. The van der Waals surface area contributed by atoms with Gasteiger partial charge in [-0.15, -0.1) is 11.3 Å². The van der Waals surface area contributed by atoms with Gasteiger partial charge in [-0.2, -0.15) is 5.10 Å². The lowest BCUT2D eigenvalue weighted by atomic mass is 9.97. The number of hydrogen-bond acceptors (Lipinski definition) is 4. The van der Waals surface area contributed by atoms with Crippen molar-refractivity contribution in [3.63, 3.8) is 0 Å². The lowest BCUT2D eigenvalue weighted by molar-refractivity contribution is -0.139. The molecule has 1 aliphatic carbocycles. The molecule has 27 heavy (non-hydrogen) atoms. The summed E-state index contributed by atoms with van der Waals surface area (Å²) in [6.07, 6.45) is 12.4. The van der Waals surface area contributed by atoms with Crippen molar-refractivity contribution in [2.75, 3.05) is 13.1 Å². The van der Waals surface area contributed by atoms with E-state index < -0.39 is 11.8 Å². The van der Waals surface area contributed by atoms with Gasteiger partial charge in [-0.05, 0) is 50.7 Å². The molecule has 1 aliphatic rings. The number of thiophene rings is 1. The summed E-state index contributed by atoms with van der Waals surface area (Å²) in [6.45, 7) is 0.974. The number of aromatic nitrogens is 2. The third kappa shape index (κ3) is 5.79. The molecule has 2 aromatic rings. The first-order valence-electron chi connectivity index (χ1n) is 9.43. The molecule has 144 valence electrons. The van der Waals surface area contributed by atoms with Crippen LogP contribution in [0, 0.1) is 0 Å². The summed E-state index contributed by atoms with van der Waals surface area (Å²) in [5.41, 5.74) is 2.48. The zero-order valence-corrected chi connectivity index (χ0v) is 16.5. The van der Waals surface area contributed by atoms with Gasteiger partial charge in [0.05, 0.1) is 6.20 Å². The maximum absolute atomic E-state index is 11.9. The number of aryl methyl sites for hydroxylation is 1. The summed E-state index contributed by atoms with van der Waals surface area (Å²) in [5.74, 6) is -1.11. The van der Waals surface area contributed by atoms with Crippen LogP contribution in [0.25, 0.3) is 10.4 Å². The maximum Gasteiger partial charge on any atom is 0.309 e. The highest BCUT2D eigenvalue weighted by atomic mass is 32.1. The molecule has 0 spiro atoms. The molecular formula is C20H26N4O2S. The van der Waals surface area contributed by atoms with Gasteiger partial charge in [0.15, 0.2) is 0 Å². The van der Waals surface area contributed by atoms with E-state index in [9.17, 15) is 9.59 Å². The summed E-state index contributed by atoms with van der Waals surface area (Å²) >= 11 is 1.68. The molecule has 0 unspecified atom stereocenters. The van der Waals surface area contributed by atoms with Gasteiger partial charge in [0.25, 0.3) is 0 Å². The Morgan fingerprint density at radius 3 is 2.59 bits per heavy atom. The molecule has 7 heteroatoms. The summed E-state index contributed by atoms with van der Waals surface area (Å²) < 4.78 is 1.78. The molecule has 0 aliphatic heterocycles. The van der Waals surface area contributed by atoms with Crippen molar-refractivity contribution >= 4 is 23.2 Å². The minimum absolute atomic E-state index is 0.449. The van der Waals surface area contributed by atoms with Crippen LogP contribution in [0.15, 0.2) is 36.2 Å². The molecule has 6 nitrogen and oxygen atoms in total. The van der Waals surface area contributed by atoms with Crippen LogP contribution in [0.4, 0.5) is 0 Å². The number of nitrogens with zero attached hydrogens (tertiary/aromatic N) is 2. The Bertz CT molecular complexity index is 822. The van der Waals surface area contributed by atoms with Crippen molar-refractivity contribution in [2.45, 2.75) is 38.5 Å². The number of amides is 2. The fraction of sp³-hybridized carbons (Fsp3) is 0.450. The first-order valence-corrected chi connectivity index (χ1v) is 10.2. The van der Waals surface area contributed by atoms with Gasteiger partial charge in [-0.1, -0.05) is 11.6 Å². The van der Waals surface area contributed by atoms with Gasteiger partial charge in [-0.25, -0.2) is 0 Å². The van der Waals surface area contributed by atoms with Gasteiger partial charge < -0.3 is 10.6 Å². The van der Waals surface area contributed by atoms with Crippen LogP contribution in [0.5, 0.6) is 0 Å². The van der Waals surface area contributed by atoms with E-state index in [-0.39, 0.29) is 0 Å². The van der Waals surface area contributed by atoms with Crippen molar-refractivity contribution in [1.82, 2.24) is 20.4 Å². The minimum Gasteiger partial charge on any atom is -0.348 e. The van der Waals surface area contributed by atoms with E-state index >= 15 is 0 Å². The van der Waals surface area contributed by atoms with Crippen molar-refractivity contribution in [3.05, 3.63) is 41.1 Å². The van der Waals surface area contributed by atoms with E-state index in [2.05, 4.69) is 33.9 Å². The van der Waals surface area contributed by atoms with Crippen LogP contribution in [-0.2, 0) is 23.1 Å². The number of rotatable bonds is 7. The molecule has 2 N–H and O–H groups in total. The highest BCUT2D eigenvalue weighted by molar-refractivity contribution is 7.15. The fourth-order valence-electron chi connectivity index (χ4n) is 3.14. The Balaban J connectivity index is 1.35. The lowest BCUT2D eigenvalue weighted by Gasteiger charge is -2.12. The Morgan fingerprint density at radius 1 is 1.15 bits per heavy atom. The predicted octanol–water partition coefficient (Wildman–Crippen LogP) is 2.81. The number of hydrogen-bond donors (Lipinski definition) is 2. The molecule has 0 saturated carbocycles. The molecule has 0 radical (unpaired) electrons. The van der Waals surface area contributed by atoms with Crippen LogP contribution in [-0.4, -0.2) is 34.7 Å². The Labute approximate surface area is 163 Å². The average molecular weight is 387 g/mol. The van der Waals surface area contributed by atoms with Gasteiger partial charge in [0, 0.05) is 41.7 Å². The third-order valence-electron chi connectivity index (χ3n) is 4.63. The summed E-state index contributed by atoms with van der Waals surface area (Å²) in [4.78, 5) is 26.1. The molecule has 0 saturated heterocycles. The Hall–Kier alpha value is -2.41. The molecular weight excluding hydrogens is 360 g/mol. The van der Waals surface area contributed by atoms with Gasteiger partial charge in [-0.3, -0.25) is 14.3 Å². The maximum atomic E-state index is 11.9. The lowest BCUT2D eigenvalue weighted by Crippen LogP contribution is -2.41. The van der Waals surface area contributed by atoms with Gasteiger partial charge in [0.1, 0.15) is 0 Å². The van der Waals surface area contributed by atoms with E-state index in [1.807, 2.05) is 19.4 Å². The number of allylic oxidation sites excluding steroid dienone is 1. The smallest absolute Gasteiger partial charge is 0.309 e. The van der Waals surface area contributed by atoms with E-state index in [1.54, 1.807) is 16.0 Å². The first-order chi connectivity index (χ1) is 13.1. The van der Waals surface area contributed by atoms with E-state index in [4.69, 9.17) is 0 Å². The Kier molecular flexibility index (Phi) is 6.81. The van der Waals surface area contributed by atoms with Crippen LogP contribution >= 0.6 is 11.3 Å². The van der Waals surface area contributed by atoms with E-state index in [0.717, 1.165) is 29.7 Å². The zero-order valence-electron chi connectivity index (χ0n) is 15.7. The fourth-order valence-corrected chi connectivity index (χ4v) is 4.13. The molecule has 0 aromatic carbocycles. The second kappa shape index (κ2) is 9.50. The molecule has 0 bridgehead atoms. The molecule has 3 rings (SSSR count). The van der Waals surface area contributed by atoms with Crippen molar-refractivity contribution in [1.29, 1.82) is 0 Å². The van der Waals surface area contributed by atoms with Gasteiger partial charge in [0.2, 0.25) is 0 Å². The topological polar surface area (TPSA) is 76.0 Å². The summed E-state index contributed by atoms with van der Waals surface area (Å²) in [6, 6.07) is 4.11. The van der Waals surface area contributed by atoms with Crippen LogP contribution < -0.4 is 10.6 Å². The third-order valence-corrected chi connectivity index (χ3v) is 5.83. The molecule has 2 heterocycles. The van der Waals surface area contributed by atoms with Crippen LogP contribution in [0.1, 0.15) is 37.0 Å². The first kappa shape index (κ1) is 19.4. The Morgan fingerprint density at radius 2 is 1.93 bits per heavy atom. The normalized spacial score (nSPS) is 13.9. The number of carbonyl (C=O) groups is 2. The number of nitrogens with one attached hydrogen (secondary N) is 2. The highest BCUT2D eigenvalue weighted by Crippen LogP contribution is 2.27. The molecule has 2 aromatic heterocycles. The van der Waals surface area contributed by atoms with Crippen LogP contribution in [0.3, 0.4) is 0 Å². The van der Waals surface area contributed by atoms with Crippen molar-refractivity contribution in [3.8, 4) is 10.4 Å². The quantitative estimate of drug-likeness (QED) is 0.567. The second-order valence-corrected chi connectivity index (χ2v) is 7.96. The minimum atomic E-state index is -0.559. The predicted molar refractivity (Wildman–Crippen MR) is 107 cm³/mol. The zero-order chi connectivity index (χ0) is 19.1. The summed E-state index contributed by atoms with van der Waals surface area (Å²) in [7, 11) is 1.89. The average Bonchev–Trinajstić information content (AvgIpc) is 3.31. The van der Waals surface area contributed by atoms with E-state index in [0.29, 0.717) is 19.5 Å². The largest absolute Gasteiger partial charge is 0.348 e. The monoisotopic (exact) mass is 386 g/mol. The van der Waals surface area contributed by atoms with Crippen molar-refractivity contribution in [2.24, 2.45) is 7.05 Å². The second-order valence-electron chi connectivity index (χ2n) is 6.79. The molecule has 0 atom stereocenters. The van der Waals surface area contributed by atoms with Crippen molar-refractivity contribution < 1.29 is 9.59 Å².